The van der Waals surface area contributed by atoms with Crippen LogP contribution in [0.1, 0.15) is 19.8 Å². The molecule has 1 N–H and O–H groups in total. The normalized spacial score (nSPS) is 45.1. The van der Waals surface area contributed by atoms with Gasteiger partial charge in [0.1, 0.15) is 0 Å². The van der Waals surface area contributed by atoms with Gasteiger partial charge in [-0.05, 0) is 0 Å². The zero-order valence-corrected chi connectivity index (χ0v) is 6.28. The van der Waals surface area contributed by atoms with E-state index in [1.54, 1.807) is 0 Å². The smallest absolute Gasteiger partial charge is 0.304 e. The number of hydrogen-bond acceptors (Lipinski definition) is 1. The first kappa shape index (κ1) is 7.79. The molecule has 0 unspecified atom stereocenters. The second-order valence-electron chi connectivity index (χ2n) is 3.01. The molecule has 0 heterocycles. The third kappa shape index (κ3) is 1.10. The van der Waals surface area contributed by atoms with Gasteiger partial charge in [-0.3, -0.25) is 4.79 Å². The van der Waals surface area contributed by atoms with Crippen molar-refractivity contribution in [3.63, 3.8) is 0 Å². The first-order valence-electron chi connectivity index (χ1n) is 2.97. The zero-order chi connectivity index (χ0) is 7.99. The lowest BCUT2D eigenvalue weighted by atomic mass is 10.1. The van der Waals surface area contributed by atoms with Crippen LogP contribution >= 0.6 is 11.6 Å². The number of carbonyl (C=O) groups is 1. The van der Waals surface area contributed by atoms with Crippen molar-refractivity contribution in [3.8, 4) is 0 Å². The lowest BCUT2D eigenvalue weighted by molar-refractivity contribution is -0.138. The number of carboxylic acid groups (broad SMARTS) is 1. The van der Waals surface area contributed by atoms with Crippen LogP contribution in [0.4, 0.5) is 4.39 Å². The number of aliphatic carboxylic acids is 1. The van der Waals surface area contributed by atoms with Gasteiger partial charge in [0.05, 0.1) is 6.42 Å². The van der Waals surface area contributed by atoms with Gasteiger partial charge in [-0.15, -0.1) is 0 Å². The standard InChI is InChI=1S/C6H8ClFO2/c1-5(2-4(9)10)3-6(5,7)8/h2-3H2,1H3,(H,9,10)/t5-,6+/m0/s1. The Hall–Kier alpha value is -0.310. The van der Waals surface area contributed by atoms with Crippen molar-refractivity contribution in [2.24, 2.45) is 5.41 Å². The fraction of sp³-hybridized carbons (Fsp3) is 0.833. The molecular formula is C6H8ClFO2. The minimum absolute atomic E-state index is 0.147. The van der Waals surface area contributed by atoms with Gasteiger partial charge in [0.2, 0.25) is 0 Å². The molecule has 0 saturated heterocycles. The summed E-state index contributed by atoms with van der Waals surface area (Å²) in [6.45, 7) is 1.54. The first-order chi connectivity index (χ1) is 4.37. The summed E-state index contributed by atoms with van der Waals surface area (Å²) in [5, 5.41) is 6.52. The second kappa shape index (κ2) is 1.84. The van der Waals surface area contributed by atoms with Crippen molar-refractivity contribution in [2.45, 2.75) is 24.9 Å². The average molecular weight is 167 g/mol. The molecule has 0 amide bonds. The van der Waals surface area contributed by atoms with Gasteiger partial charge >= 0.3 is 5.97 Å². The molecule has 1 aliphatic rings. The molecule has 1 rings (SSSR count). The summed E-state index contributed by atoms with van der Waals surface area (Å²) in [5.41, 5.74) is -0.833. The van der Waals surface area contributed by atoms with Crippen molar-refractivity contribution < 1.29 is 14.3 Å². The highest BCUT2D eigenvalue weighted by Crippen LogP contribution is 2.63. The predicted molar refractivity (Wildman–Crippen MR) is 34.7 cm³/mol. The molecule has 0 aromatic heterocycles. The van der Waals surface area contributed by atoms with E-state index in [0.29, 0.717) is 0 Å². The van der Waals surface area contributed by atoms with E-state index in [0.717, 1.165) is 0 Å². The Labute approximate surface area is 63.0 Å². The molecule has 1 saturated carbocycles. The van der Waals surface area contributed by atoms with E-state index in [9.17, 15) is 9.18 Å². The monoisotopic (exact) mass is 166 g/mol. The summed E-state index contributed by atoms with van der Waals surface area (Å²) in [4.78, 5) is 10.1. The predicted octanol–water partition coefficient (Wildman–Crippen LogP) is 1.78. The van der Waals surface area contributed by atoms with Gasteiger partial charge in [-0.1, -0.05) is 18.5 Å². The fourth-order valence-electron chi connectivity index (χ4n) is 0.971. The van der Waals surface area contributed by atoms with Gasteiger partial charge in [0.15, 0.2) is 5.13 Å². The first-order valence-corrected chi connectivity index (χ1v) is 3.35. The molecule has 0 aliphatic heterocycles. The van der Waals surface area contributed by atoms with Gasteiger partial charge in [0, 0.05) is 11.8 Å². The number of rotatable bonds is 2. The maximum absolute atomic E-state index is 12.7. The van der Waals surface area contributed by atoms with Gasteiger partial charge in [0.25, 0.3) is 0 Å². The van der Waals surface area contributed by atoms with Crippen LogP contribution in [0.5, 0.6) is 0 Å². The summed E-state index contributed by atoms with van der Waals surface area (Å²) < 4.78 is 12.7. The molecule has 0 bridgehead atoms. The van der Waals surface area contributed by atoms with Crippen LogP contribution in [0.2, 0.25) is 0 Å². The maximum Gasteiger partial charge on any atom is 0.304 e. The van der Waals surface area contributed by atoms with E-state index in [1.165, 1.54) is 6.92 Å². The van der Waals surface area contributed by atoms with Crippen molar-refractivity contribution in [2.75, 3.05) is 0 Å². The Morgan fingerprint density at radius 1 is 1.90 bits per heavy atom. The molecule has 0 aromatic carbocycles. The molecule has 2 atom stereocenters. The third-order valence-corrected chi connectivity index (χ3v) is 2.50. The number of hydrogen-bond donors (Lipinski definition) is 1. The number of halogens is 2. The SMILES string of the molecule is C[C@]1(CC(=O)O)C[C@]1(F)Cl. The van der Waals surface area contributed by atoms with Crippen molar-refractivity contribution >= 4 is 17.6 Å². The molecule has 10 heavy (non-hydrogen) atoms. The van der Waals surface area contributed by atoms with Gasteiger partial charge in [-0.25, -0.2) is 4.39 Å². The summed E-state index contributed by atoms with van der Waals surface area (Å²) >= 11 is 5.26. The highest BCUT2D eigenvalue weighted by atomic mass is 35.5. The van der Waals surface area contributed by atoms with Crippen molar-refractivity contribution in [1.29, 1.82) is 0 Å². The van der Waals surface area contributed by atoms with E-state index in [2.05, 4.69) is 0 Å². The van der Waals surface area contributed by atoms with Crippen LogP contribution in [-0.2, 0) is 4.79 Å². The quantitative estimate of drug-likeness (QED) is 0.635. The highest BCUT2D eigenvalue weighted by Gasteiger charge is 2.65. The molecule has 0 aromatic rings. The Morgan fingerprint density at radius 2 is 2.30 bits per heavy atom. The molecule has 0 radical (unpaired) electrons. The fourth-order valence-corrected chi connectivity index (χ4v) is 1.33. The minimum atomic E-state index is -1.77. The summed E-state index contributed by atoms with van der Waals surface area (Å²) in [6.07, 6.45) is -0.0408. The Morgan fingerprint density at radius 3 is 2.40 bits per heavy atom. The van der Waals surface area contributed by atoms with Crippen LogP contribution < -0.4 is 0 Å². The van der Waals surface area contributed by atoms with Crippen molar-refractivity contribution in [3.05, 3.63) is 0 Å². The number of carboxylic acids is 1. The summed E-state index contributed by atoms with van der Waals surface area (Å²) in [7, 11) is 0. The van der Waals surface area contributed by atoms with Crippen LogP contribution in [0.25, 0.3) is 0 Å². The zero-order valence-electron chi connectivity index (χ0n) is 5.53. The second-order valence-corrected chi connectivity index (χ2v) is 3.61. The van der Waals surface area contributed by atoms with Crippen LogP contribution in [0.3, 0.4) is 0 Å². The molecular weight excluding hydrogens is 159 g/mol. The molecule has 1 aliphatic carbocycles. The van der Waals surface area contributed by atoms with Gasteiger partial charge in [-0.2, -0.15) is 0 Å². The Bertz CT molecular complexity index is 181. The highest BCUT2D eigenvalue weighted by molar-refractivity contribution is 6.25. The molecule has 0 spiro atoms. The van der Waals surface area contributed by atoms with E-state index in [1.807, 2.05) is 0 Å². The summed E-state index contributed by atoms with van der Waals surface area (Å²) in [5.74, 6) is -0.998. The average Bonchev–Trinajstić information content (AvgIpc) is 2.01. The summed E-state index contributed by atoms with van der Waals surface area (Å²) in [6, 6.07) is 0. The van der Waals surface area contributed by atoms with E-state index >= 15 is 0 Å². The lowest BCUT2D eigenvalue weighted by Crippen LogP contribution is -2.11. The minimum Gasteiger partial charge on any atom is -0.481 e. The molecule has 2 nitrogen and oxygen atoms in total. The van der Waals surface area contributed by atoms with E-state index in [-0.39, 0.29) is 12.8 Å². The van der Waals surface area contributed by atoms with E-state index < -0.39 is 16.5 Å². The van der Waals surface area contributed by atoms with Crippen molar-refractivity contribution in [1.82, 2.24) is 0 Å². The maximum atomic E-state index is 12.7. The molecule has 1 fully saturated rings. The van der Waals surface area contributed by atoms with E-state index in [4.69, 9.17) is 16.7 Å². The lowest BCUT2D eigenvalue weighted by Gasteiger charge is -2.05. The Kier molecular flexibility index (Phi) is 1.44. The van der Waals surface area contributed by atoms with Crippen LogP contribution in [0.15, 0.2) is 0 Å². The van der Waals surface area contributed by atoms with Gasteiger partial charge < -0.3 is 5.11 Å². The third-order valence-electron chi connectivity index (χ3n) is 1.91. The molecule has 58 valence electrons. The topological polar surface area (TPSA) is 37.3 Å². The largest absolute Gasteiger partial charge is 0.481 e. The van der Waals surface area contributed by atoms with Crippen LogP contribution in [-0.4, -0.2) is 16.2 Å². The molecule has 4 heteroatoms. The number of alkyl halides is 2. The Balaban J connectivity index is 2.52. The van der Waals surface area contributed by atoms with Crippen LogP contribution in [0, 0.1) is 5.41 Å².